The van der Waals surface area contributed by atoms with Gasteiger partial charge in [-0.1, -0.05) is 26.8 Å². The Labute approximate surface area is 122 Å². The van der Waals surface area contributed by atoms with Crippen molar-refractivity contribution in [1.82, 2.24) is 5.32 Å². The Morgan fingerprint density at radius 1 is 1.15 bits per heavy atom. The number of rotatable bonds is 6. The summed E-state index contributed by atoms with van der Waals surface area (Å²) >= 11 is 0. The molecule has 0 saturated heterocycles. The molecule has 1 unspecified atom stereocenters. The Kier molecular flexibility index (Phi) is 5.72. The molecule has 0 radical (unpaired) electrons. The molecule has 2 rings (SSSR count). The zero-order valence-corrected chi connectivity index (χ0v) is 12.9. The first-order valence-electron chi connectivity index (χ1n) is 7.82. The van der Waals surface area contributed by atoms with Gasteiger partial charge in [-0.05, 0) is 43.0 Å². The van der Waals surface area contributed by atoms with E-state index in [-0.39, 0.29) is 0 Å². The maximum atomic E-state index is 5.75. The van der Waals surface area contributed by atoms with Crippen molar-refractivity contribution in [3.05, 3.63) is 23.8 Å². The van der Waals surface area contributed by atoms with E-state index in [1.807, 2.05) is 6.07 Å². The normalized spacial score (nSPS) is 16.0. The zero-order chi connectivity index (χ0) is 14.4. The third-order valence-electron chi connectivity index (χ3n) is 3.83. The maximum Gasteiger partial charge on any atom is 0.161 e. The SMILES string of the molecule is CCNC(CCc1ccc2c(c1)OCCCO2)C(C)C. The number of fused-ring (bicyclic) bond motifs is 1. The molecule has 0 amide bonds. The van der Waals surface area contributed by atoms with Crippen molar-refractivity contribution in [2.24, 2.45) is 5.92 Å². The fourth-order valence-corrected chi connectivity index (χ4v) is 2.62. The summed E-state index contributed by atoms with van der Waals surface area (Å²) in [6.45, 7) is 9.26. The number of nitrogens with one attached hydrogen (secondary N) is 1. The van der Waals surface area contributed by atoms with Gasteiger partial charge in [0.15, 0.2) is 11.5 Å². The molecule has 0 bridgehead atoms. The van der Waals surface area contributed by atoms with Crippen molar-refractivity contribution in [2.45, 2.75) is 46.1 Å². The Hall–Kier alpha value is -1.22. The zero-order valence-electron chi connectivity index (χ0n) is 12.9. The van der Waals surface area contributed by atoms with Crippen LogP contribution in [-0.2, 0) is 6.42 Å². The minimum absolute atomic E-state index is 0.580. The van der Waals surface area contributed by atoms with Crippen LogP contribution in [0.3, 0.4) is 0 Å². The Morgan fingerprint density at radius 2 is 1.90 bits per heavy atom. The van der Waals surface area contributed by atoms with Crippen molar-refractivity contribution in [2.75, 3.05) is 19.8 Å². The lowest BCUT2D eigenvalue weighted by molar-refractivity contribution is 0.297. The summed E-state index contributed by atoms with van der Waals surface area (Å²) in [6.07, 6.45) is 3.19. The number of ether oxygens (including phenoxy) is 2. The highest BCUT2D eigenvalue weighted by molar-refractivity contribution is 5.43. The van der Waals surface area contributed by atoms with E-state index in [0.29, 0.717) is 12.0 Å². The molecule has 1 atom stereocenters. The molecule has 0 aromatic heterocycles. The number of benzene rings is 1. The van der Waals surface area contributed by atoms with Crippen LogP contribution in [0.2, 0.25) is 0 Å². The van der Waals surface area contributed by atoms with E-state index < -0.39 is 0 Å². The molecule has 1 aromatic carbocycles. The molecule has 112 valence electrons. The van der Waals surface area contributed by atoms with Gasteiger partial charge < -0.3 is 14.8 Å². The van der Waals surface area contributed by atoms with Gasteiger partial charge in [-0.2, -0.15) is 0 Å². The van der Waals surface area contributed by atoms with Gasteiger partial charge in [0, 0.05) is 12.5 Å². The molecule has 1 aromatic rings. The van der Waals surface area contributed by atoms with Crippen molar-refractivity contribution in [3.63, 3.8) is 0 Å². The largest absolute Gasteiger partial charge is 0.490 e. The monoisotopic (exact) mass is 277 g/mol. The minimum atomic E-state index is 0.580. The topological polar surface area (TPSA) is 30.5 Å². The van der Waals surface area contributed by atoms with Gasteiger partial charge in [-0.25, -0.2) is 0 Å². The highest BCUT2D eigenvalue weighted by Gasteiger charge is 2.14. The molecule has 1 aliphatic rings. The van der Waals surface area contributed by atoms with Gasteiger partial charge in [0.1, 0.15) is 0 Å². The van der Waals surface area contributed by atoms with Gasteiger partial charge >= 0.3 is 0 Å². The molecule has 3 heteroatoms. The van der Waals surface area contributed by atoms with Crippen molar-refractivity contribution >= 4 is 0 Å². The second-order valence-electron chi connectivity index (χ2n) is 5.78. The van der Waals surface area contributed by atoms with Gasteiger partial charge in [-0.3, -0.25) is 0 Å². The molecule has 0 saturated carbocycles. The standard InChI is InChI=1S/C17H27NO2/c1-4-18-15(13(2)3)8-6-14-7-9-16-17(12-14)20-11-5-10-19-16/h7,9,12-13,15,18H,4-6,8,10-11H2,1-3H3. The fourth-order valence-electron chi connectivity index (χ4n) is 2.62. The molecular weight excluding hydrogens is 250 g/mol. The summed E-state index contributed by atoms with van der Waals surface area (Å²) in [5, 5.41) is 3.57. The lowest BCUT2D eigenvalue weighted by Crippen LogP contribution is -2.34. The first-order valence-corrected chi connectivity index (χ1v) is 7.82. The average Bonchev–Trinajstić information content (AvgIpc) is 2.67. The smallest absolute Gasteiger partial charge is 0.161 e. The molecule has 0 spiro atoms. The first-order chi connectivity index (χ1) is 9.70. The summed E-state index contributed by atoms with van der Waals surface area (Å²) in [6, 6.07) is 6.94. The third-order valence-corrected chi connectivity index (χ3v) is 3.83. The van der Waals surface area contributed by atoms with E-state index in [0.717, 1.165) is 50.5 Å². The molecule has 1 aliphatic heterocycles. The van der Waals surface area contributed by atoms with Crippen LogP contribution in [0.15, 0.2) is 18.2 Å². The van der Waals surface area contributed by atoms with Crippen LogP contribution >= 0.6 is 0 Å². The molecule has 1 N–H and O–H groups in total. The van der Waals surface area contributed by atoms with Gasteiger partial charge in [0.25, 0.3) is 0 Å². The number of hydrogen-bond donors (Lipinski definition) is 1. The van der Waals surface area contributed by atoms with E-state index >= 15 is 0 Å². The quantitative estimate of drug-likeness (QED) is 0.864. The number of hydrogen-bond acceptors (Lipinski definition) is 3. The van der Waals surface area contributed by atoms with E-state index in [9.17, 15) is 0 Å². The highest BCUT2D eigenvalue weighted by Crippen LogP contribution is 2.31. The lowest BCUT2D eigenvalue weighted by Gasteiger charge is -2.21. The Morgan fingerprint density at radius 3 is 2.60 bits per heavy atom. The van der Waals surface area contributed by atoms with Crippen molar-refractivity contribution in [3.8, 4) is 11.5 Å². The summed E-state index contributed by atoms with van der Waals surface area (Å²) in [5.41, 5.74) is 1.33. The summed E-state index contributed by atoms with van der Waals surface area (Å²) in [7, 11) is 0. The van der Waals surface area contributed by atoms with Gasteiger partial charge in [-0.15, -0.1) is 0 Å². The van der Waals surface area contributed by atoms with Crippen LogP contribution < -0.4 is 14.8 Å². The summed E-state index contributed by atoms with van der Waals surface area (Å²) < 4.78 is 11.4. The second kappa shape index (κ2) is 7.53. The van der Waals surface area contributed by atoms with E-state index in [4.69, 9.17) is 9.47 Å². The summed E-state index contributed by atoms with van der Waals surface area (Å²) in [4.78, 5) is 0. The van der Waals surface area contributed by atoms with Crippen LogP contribution in [0, 0.1) is 5.92 Å². The molecular formula is C17H27NO2. The summed E-state index contributed by atoms with van der Waals surface area (Å²) in [5.74, 6) is 2.46. The highest BCUT2D eigenvalue weighted by atomic mass is 16.5. The minimum Gasteiger partial charge on any atom is -0.490 e. The van der Waals surface area contributed by atoms with Gasteiger partial charge in [0.2, 0.25) is 0 Å². The average molecular weight is 277 g/mol. The van der Waals surface area contributed by atoms with Crippen LogP contribution in [-0.4, -0.2) is 25.8 Å². The second-order valence-corrected chi connectivity index (χ2v) is 5.78. The molecule has 20 heavy (non-hydrogen) atoms. The fraction of sp³-hybridized carbons (Fsp3) is 0.647. The van der Waals surface area contributed by atoms with Crippen LogP contribution in [0.5, 0.6) is 11.5 Å². The molecule has 1 heterocycles. The molecule has 0 aliphatic carbocycles. The third kappa shape index (κ3) is 4.14. The Balaban J connectivity index is 1.97. The number of aryl methyl sites for hydroxylation is 1. The maximum absolute atomic E-state index is 5.75. The predicted molar refractivity (Wildman–Crippen MR) is 82.7 cm³/mol. The van der Waals surface area contributed by atoms with Gasteiger partial charge in [0.05, 0.1) is 13.2 Å². The Bertz CT molecular complexity index is 417. The lowest BCUT2D eigenvalue weighted by atomic mass is 9.96. The van der Waals surface area contributed by atoms with E-state index in [1.54, 1.807) is 0 Å². The molecule has 0 fully saturated rings. The van der Waals surface area contributed by atoms with Crippen molar-refractivity contribution in [1.29, 1.82) is 0 Å². The van der Waals surface area contributed by atoms with Crippen LogP contribution in [0.25, 0.3) is 0 Å². The van der Waals surface area contributed by atoms with E-state index in [1.165, 1.54) is 5.56 Å². The van der Waals surface area contributed by atoms with Crippen LogP contribution in [0.4, 0.5) is 0 Å². The predicted octanol–water partition coefficient (Wildman–Crippen LogP) is 3.41. The first kappa shape index (κ1) is 15.2. The van der Waals surface area contributed by atoms with Crippen molar-refractivity contribution < 1.29 is 9.47 Å². The van der Waals surface area contributed by atoms with Crippen LogP contribution in [0.1, 0.15) is 39.2 Å². The van der Waals surface area contributed by atoms with E-state index in [2.05, 4.69) is 38.2 Å². The molecule has 3 nitrogen and oxygen atoms in total.